The summed E-state index contributed by atoms with van der Waals surface area (Å²) in [5, 5.41) is 7.21. The second kappa shape index (κ2) is 14.4. The monoisotopic (exact) mass is 360 g/mol. The Labute approximate surface area is 144 Å². The number of hydrogen-bond acceptors (Lipinski definition) is 3. The summed E-state index contributed by atoms with van der Waals surface area (Å²) >= 11 is 2.79. The molecule has 0 aromatic rings. The molecule has 0 atom stereocenters. The SMILES string of the molecule is N#[C][Fe].O=S(=O)(O)O.[Ce].[KH]. The molecule has 0 saturated heterocycles. The maximum absolute atomic E-state index is 8.74. The number of nitriles is 1. The molecule has 0 fully saturated rings. The van der Waals surface area contributed by atoms with E-state index in [1.165, 1.54) is 4.97 Å². The van der Waals surface area contributed by atoms with Crippen LogP contribution in [0.1, 0.15) is 0 Å². The van der Waals surface area contributed by atoms with Crippen molar-refractivity contribution in [2.75, 3.05) is 0 Å². The molecule has 0 aromatic heterocycles. The fourth-order valence-electron chi connectivity index (χ4n) is 0. The van der Waals surface area contributed by atoms with E-state index in [0.29, 0.717) is 0 Å². The predicted octanol–water partition coefficient (Wildman–Crippen LogP) is -1.29. The molecule has 0 heterocycles. The van der Waals surface area contributed by atoms with E-state index in [1.807, 2.05) is 0 Å². The van der Waals surface area contributed by atoms with Gasteiger partial charge in [0.05, 0.1) is 0 Å². The molecular formula is CH3CeFeKNO4S. The fourth-order valence-corrected chi connectivity index (χ4v) is 0. The zero-order valence-electron chi connectivity index (χ0n) is 3.92. The fraction of sp³-hybridized carbons (Fsp3) is 0. The van der Waals surface area contributed by atoms with Crippen LogP contribution in [0.5, 0.6) is 0 Å². The van der Waals surface area contributed by atoms with Crippen LogP contribution < -0.4 is 0 Å². The van der Waals surface area contributed by atoms with Crippen molar-refractivity contribution in [1.29, 1.82) is 5.26 Å². The van der Waals surface area contributed by atoms with Crippen LogP contribution in [0, 0.1) is 52.0 Å². The maximum atomic E-state index is 8.74. The summed E-state index contributed by atoms with van der Waals surface area (Å²) in [6.07, 6.45) is 0. The van der Waals surface area contributed by atoms with Crippen molar-refractivity contribution in [2.24, 2.45) is 0 Å². The number of hydrogen-bond donors (Lipinski definition) is 2. The molecule has 0 radical (unpaired) electrons. The predicted molar refractivity (Wildman–Crippen MR) is 26.9 cm³/mol. The zero-order valence-corrected chi connectivity index (χ0v) is 8.98. The molecule has 55 valence electrons. The van der Waals surface area contributed by atoms with Gasteiger partial charge in [0.1, 0.15) is 0 Å². The van der Waals surface area contributed by atoms with Crippen LogP contribution in [0.15, 0.2) is 0 Å². The van der Waals surface area contributed by atoms with Gasteiger partial charge in [0, 0.05) is 41.7 Å². The Hall–Kier alpha value is 2.89. The second-order valence-electron chi connectivity index (χ2n) is 0.527. The van der Waals surface area contributed by atoms with Crippen molar-refractivity contribution in [3.63, 3.8) is 0 Å². The Morgan fingerprint density at radius 1 is 1.40 bits per heavy atom. The molecule has 0 aliphatic carbocycles. The molecule has 0 saturated carbocycles. The molecule has 0 unspecified atom stereocenters. The summed E-state index contributed by atoms with van der Waals surface area (Å²) < 4.78 is 31.6. The van der Waals surface area contributed by atoms with Gasteiger partial charge in [-0.3, -0.25) is 9.11 Å². The Kier molecular flexibility index (Phi) is 33.2. The van der Waals surface area contributed by atoms with Crippen molar-refractivity contribution in [1.82, 2.24) is 0 Å². The van der Waals surface area contributed by atoms with Gasteiger partial charge in [-0.05, 0) is 0 Å². The quantitative estimate of drug-likeness (QED) is 0.414. The Balaban J connectivity index is -0.0000000326. The number of nitrogens with zero attached hydrogens (tertiary/aromatic N) is 1. The van der Waals surface area contributed by atoms with Crippen LogP contribution in [0.3, 0.4) is 0 Å². The van der Waals surface area contributed by atoms with Crippen LogP contribution in [0.2, 0.25) is 0 Å². The molecule has 10 heavy (non-hydrogen) atoms. The first kappa shape index (κ1) is 23.1. The van der Waals surface area contributed by atoms with Crippen molar-refractivity contribution in [2.45, 2.75) is 0 Å². The third kappa shape index (κ3) is 127. The van der Waals surface area contributed by atoms with Crippen molar-refractivity contribution >= 4 is 61.8 Å². The summed E-state index contributed by atoms with van der Waals surface area (Å²) in [7, 11) is -4.67. The topological polar surface area (TPSA) is 98.4 Å². The molecule has 0 aliphatic rings. The van der Waals surface area contributed by atoms with E-state index in [0.717, 1.165) is 0 Å². The molecule has 0 amide bonds. The molecule has 0 rings (SSSR count). The van der Waals surface area contributed by atoms with Gasteiger partial charge >= 0.3 is 88.0 Å². The van der Waals surface area contributed by atoms with E-state index in [4.69, 9.17) is 22.8 Å². The van der Waals surface area contributed by atoms with Crippen LogP contribution in [0.4, 0.5) is 0 Å². The van der Waals surface area contributed by atoms with Gasteiger partial charge in [0.2, 0.25) is 0 Å². The molecule has 0 spiro atoms. The summed E-state index contributed by atoms with van der Waals surface area (Å²) in [6.45, 7) is 0. The van der Waals surface area contributed by atoms with Crippen molar-refractivity contribution in [3.8, 4) is 4.97 Å². The minimum absolute atomic E-state index is 0. The first-order chi connectivity index (χ1) is 3.41. The molecule has 0 bridgehead atoms. The number of rotatable bonds is 0. The standard InChI is InChI=1S/CN.Ce.Fe.K.H2O4S.H/c1-2;;;;1-5(2,3)4;/h;;;;(H2,1,2,3,4);. The van der Waals surface area contributed by atoms with Crippen LogP contribution in [0.25, 0.3) is 0 Å². The summed E-state index contributed by atoms with van der Waals surface area (Å²) in [4.78, 5) is 1.50. The van der Waals surface area contributed by atoms with Gasteiger partial charge in [-0.25, -0.2) is 0 Å². The van der Waals surface area contributed by atoms with Gasteiger partial charge < -0.3 is 0 Å². The molecule has 2 N–H and O–H groups in total. The van der Waals surface area contributed by atoms with Gasteiger partial charge in [-0.2, -0.15) is 8.42 Å². The first-order valence-electron chi connectivity index (χ1n) is 1.10. The molecule has 0 aromatic carbocycles. The van der Waals surface area contributed by atoms with Crippen LogP contribution in [-0.4, -0.2) is 68.9 Å². The van der Waals surface area contributed by atoms with E-state index >= 15 is 0 Å². The van der Waals surface area contributed by atoms with E-state index in [1.54, 1.807) is 0 Å². The molecule has 0 aliphatic heterocycles. The van der Waals surface area contributed by atoms with Gasteiger partial charge in [0.25, 0.3) is 0 Å². The van der Waals surface area contributed by atoms with E-state index in [2.05, 4.69) is 16.0 Å². The van der Waals surface area contributed by atoms with Crippen LogP contribution >= 0.6 is 0 Å². The molecule has 9 heteroatoms. The first-order valence-corrected chi connectivity index (χ1v) is 3.05. The van der Waals surface area contributed by atoms with Crippen molar-refractivity contribution < 1.29 is 75.3 Å². The van der Waals surface area contributed by atoms with Crippen molar-refractivity contribution in [3.05, 3.63) is 0 Å². The molecular weight excluding hydrogens is 357 g/mol. The average Bonchev–Trinajstić information content (AvgIpc) is 1.27. The third-order valence-corrected chi connectivity index (χ3v) is 0. The zero-order chi connectivity index (χ0) is 7.21. The van der Waals surface area contributed by atoms with Gasteiger partial charge in [-0.15, -0.1) is 0 Å². The summed E-state index contributed by atoms with van der Waals surface area (Å²) in [5.74, 6) is 0. The van der Waals surface area contributed by atoms with E-state index in [-0.39, 0.29) is 93.1 Å². The summed E-state index contributed by atoms with van der Waals surface area (Å²) in [6, 6.07) is 0. The van der Waals surface area contributed by atoms with Crippen LogP contribution in [-0.2, 0) is 26.4 Å². The Morgan fingerprint density at radius 3 is 1.40 bits per heavy atom. The van der Waals surface area contributed by atoms with Gasteiger partial charge in [-0.1, -0.05) is 0 Å². The average molecular weight is 360 g/mol. The van der Waals surface area contributed by atoms with E-state index < -0.39 is 10.4 Å². The van der Waals surface area contributed by atoms with Gasteiger partial charge in [0.15, 0.2) is 0 Å². The second-order valence-corrected chi connectivity index (χ2v) is 1.67. The summed E-state index contributed by atoms with van der Waals surface area (Å²) in [5.41, 5.74) is 0. The molecule has 5 nitrogen and oxygen atoms in total. The Morgan fingerprint density at radius 2 is 1.40 bits per heavy atom. The van der Waals surface area contributed by atoms with E-state index in [9.17, 15) is 0 Å². The minimum atomic E-state index is -4.67. The third-order valence-electron chi connectivity index (χ3n) is 0. The normalized spacial score (nSPS) is 6.60. The Bertz CT molecular complexity index is 166.